The molecule has 0 radical (unpaired) electrons. The minimum absolute atomic E-state index is 0.0852. The lowest BCUT2D eigenvalue weighted by Crippen LogP contribution is -2.37. The lowest BCUT2D eigenvalue weighted by molar-refractivity contribution is -0.384. The van der Waals surface area contributed by atoms with Crippen LogP contribution in [0.4, 0.5) is 5.69 Å². The maximum Gasteiger partial charge on any atom is 0.330 e. The zero-order valence-corrected chi connectivity index (χ0v) is 14.5. The van der Waals surface area contributed by atoms with E-state index < -0.39 is 40.7 Å². The number of nitrogens with one attached hydrogen (secondary N) is 1. The van der Waals surface area contributed by atoms with Crippen molar-refractivity contribution in [2.45, 2.75) is 24.5 Å². The van der Waals surface area contributed by atoms with E-state index in [0.29, 0.717) is 5.56 Å². The Kier molecular flexibility index (Phi) is 4.58. The molecule has 0 unspecified atom stereocenters. The molecule has 12 heteroatoms. The van der Waals surface area contributed by atoms with Crippen LogP contribution >= 0.6 is 0 Å². The molecule has 150 valence electrons. The van der Waals surface area contributed by atoms with Crippen molar-refractivity contribution in [1.29, 1.82) is 0 Å². The summed E-state index contributed by atoms with van der Waals surface area (Å²) >= 11 is 0. The lowest BCUT2D eigenvalue weighted by Gasteiger charge is -2.16. The van der Waals surface area contributed by atoms with Gasteiger partial charge in [0.2, 0.25) is 5.89 Å². The van der Waals surface area contributed by atoms with Crippen molar-refractivity contribution in [2.75, 3.05) is 0 Å². The molecule has 0 amide bonds. The third-order valence-electron chi connectivity index (χ3n) is 4.48. The first-order valence-corrected chi connectivity index (χ1v) is 8.38. The third kappa shape index (κ3) is 3.35. The van der Waals surface area contributed by atoms with Gasteiger partial charge in [-0.3, -0.25) is 24.5 Å². The van der Waals surface area contributed by atoms with Gasteiger partial charge in [-0.2, -0.15) is 0 Å². The van der Waals surface area contributed by atoms with Crippen LogP contribution in [0.15, 0.2) is 56.8 Å². The van der Waals surface area contributed by atoms with E-state index in [1.807, 2.05) is 4.98 Å². The number of H-pyrrole nitrogens is 1. The van der Waals surface area contributed by atoms with Crippen LogP contribution in [-0.2, 0) is 4.74 Å². The SMILES string of the molecule is O=c1ccn([C@@H]2O[C@H](c3nc(-c4cccc([N+](=O)[O-])c4)co3)[C@@H](O)[C@H]2O)c(=O)[nH]1. The van der Waals surface area contributed by atoms with Crippen LogP contribution in [-0.4, -0.2) is 41.9 Å². The molecule has 4 rings (SSSR count). The number of hydrogen-bond donors (Lipinski definition) is 3. The molecule has 2 aromatic heterocycles. The van der Waals surface area contributed by atoms with Gasteiger partial charge in [-0.1, -0.05) is 12.1 Å². The molecule has 1 aliphatic rings. The smallest absolute Gasteiger partial charge is 0.330 e. The number of rotatable bonds is 4. The third-order valence-corrected chi connectivity index (χ3v) is 4.48. The van der Waals surface area contributed by atoms with Crippen LogP contribution in [0.2, 0.25) is 0 Å². The molecule has 0 saturated carbocycles. The van der Waals surface area contributed by atoms with Gasteiger partial charge >= 0.3 is 5.69 Å². The van der Waals surface area contributed by atoms with Crippen LogP contribution in [0, 0.1) is 10.1 Å². The second-order valence-corrected chi connectivity index (χ2v) is 6.32. The number of nitrogens with zero attached hydrogens (tertiary/aromatic N) is 3. The number of aliphatic hydroxyl groups is 2. The molecule has 12 nitrogen and oxygen atoms in total. The van der Waals surface area contributed by atoms with E-state index in [9.17, 15) is 29.9 Å². The predicted octanol–water partition coefficient (Wildman–Crippen LogP) is 0.0917. The minimum Gasteiger partial charge on any atom is -0.445 e. The van der Waals surface area contributed by atoms with Gasteiger partial charge in [0, 0.05) is 30.0 Å². The van der Waals surface area contributed by atoms with Crippen LogP contribution in [0.5, 0.6) is 0 Å². The summed E-state index contributed by atoms with van der Waals surface area (Å²) in [5.74, 6) is -0.0852. The molecular weight excluding hydrogens is 388 g/mol. The normalized spacial score (nSPS) is 23.9. The summed E-state index contributed by atoms with van der Waals surface area (Å²) in [7, 11) is 0. The first-order valence-electron chi connectivity index (χ1n) is 8.38. The van der Waals surface area contributed by atoms with Crippen molar-refractivity contribution < 1.29 is 24.3 Å². The highest BCUT2D eigenvalue weighted by Crippen LogP contribution is 2.38. The molecule has 29 heavy (non-hydrogen) atoms. The minimum atomic E-state index is -1.50. The van der Waals surface area contributed by atoms with Crippen LogP contribution in [0.3, 0.4) is 0 Å². The lowest BCUT2D eigenvalue weighted by atomic mass is 10.1. The molecule has 0 spiro atoms. The highest BCUT2D eigenvalue weighted by atomic mass is 16.6. The zero-order chi connectivity index (χ0) is 20.7. The van der Waals surface area contributed by atoms with E-state index in [4.69, 9.17) is 9.15 Å². The maximum absolute atomic E-state index is 11.9. The molecule has 0 aliphatic carbocycles. The highest BCUT2D eigenvalue weighted by molar-refractivity contribution is 5.61. The molecule has 3 N–H and O–H groups in total. The molecule has 4 atom stereocenters. The summed E-state index contributed by atoms with van der Waals surface area (Å²) in [4.78, 5) is 39.7. The number of non-ortho nitro benzene ring substituents is 1. The Morgan fingerprint density at radius 2 is 2.00 bits per heavy atom. The maximum atomic E-state index is 11.9. The van der Waals surface area contributed by atoms with Crippen molar-refractivity contribution in [3.63, 3.8) is 0 Å². The van der Waals surface area contributed by atoms with Gasteiger partial charge in [0.25, 0.3) is 11.2 Å². The zero-order valence-electron chi connectivity index (χ0n) is 14.5. The number of ether oxygens (including phenoxy) is 1. The molecule has 0 bridgehead atoms. The second-order valence-electron chi connectivity index (χ2n) is 6.32. The Morgan fingerprint density at radius 1 is 1.21 bits per heavy atom. The van der Waals surface area contributed by atoms with Gasteiger partial charge in [0.15, 0.2) is 12.3 Å². The number of aliphatic hydroxyl groups excluding tert-OH is 2. The Bertz CT molecular complexity index is 1180. The summed E-state index contributed by atoms with van der Waals surface area (Å²) in [5.41, 5.74) is -0.893. The van der Waals surface area contributed by atoms with E-state index >= 15 is 0 Å². The monoisotopic (exact) mass is 402 g/mol. The van der Waals surface area contributed by atoms with Crippen molar-refractivity contribution in [2.24, 2.45) is 0 Å². The highest BCUT2D eigenvalue weighted by Gasteiger charge is 2.47. The van der Waals surface area contributed by atoms with Gasteiger partial charge in [-0.05, 0) is 0 Å². The van der Waals surface area contributed by atoms with Crippen molar-refractivity contribution in [1.82, 2.24) is 14.5 Å². The number of nitro groups is 1. The Labute approximate surface area is 160 Å². The average Bonchev–Trinajstić information content (AvgIpc) is 3.28. The first kappa shape index (κ1) is 18.7. The topological polar surface area (TPSA) is 174 Å². The molecular formula is C17H14N4O8. The number of nitro benzene ring substituents is 1. The fourth-order valence-electron chi connectivity index (χ4n) is 3.05. The number of hydrogen-bond acceptors (Lipinski definition) is 9. The molecule has 1 aromatic carbocycles. The molecule has 1 saturated heterocycles. The Morgan fingerprint density at radius 3 is 2.72 bits per heavy atom. The van der Waals surface area contributed by atoms with E-state index in [1.165, 1.54) is 24.5 Å². The van der Waals surface area contributed by atoms with Crippen molar-refractivity contribution in [3.05, 3.63) is 79.6 Å². The van der Waals surface area contributed by atoms with Gasteiger partial charge in [0.1, 0.15) is 24.2 Å². The van der Waals surface area contributed by atoms with Gasteiger partial charge in [0.05, 0.1) is 4.92 Å². The summed E-state index contributed by atoms with van der Waals surface area (Å²) in [5, 5.41) is 31.5. The second kappa shape index (κ2) is 7.09. The van der Waals surface area contributed by atoms with E-state index in [0.717, 1.165) is 16.8 Å². The Balaban J connectivity index is 1.63. The molecule has 3 heterocycles. The molecule has 1 aliphatic heterocycles. The number of aromatic amines is 1. The standard InChI is InChI=1S/C17H14N4O8/c22-11-4-5-20(17(25)19-11)16-13(24)12(23)14(29-16)15-18-10(7-28-15)8-2-1-3-9(6-8)21(26)27/h1-7,12-14,16,23-24H,(H,19,22,25)/t12-,13+,14-,16+/m0/s1. The fraction of sp³-hybridized carbons (Fsp3) is 0.235. The molecule has 1 fully saturated rings. The quantitative estimate of drug-likeness (QED) is 0.403. The van der Waals surface area contributed by atoms with Gasteiger partial charge in [-0.15, -0.1) is 0 Å². The van der Waals surface area contributed by atoms with E-state index in [1.54, 1.807) is 6.07 Å². The number of benzene rings is 1. The Hall–Kier alpha value is -3.61. The van der Waals surface area contributed by atoms with Crippen molar-refractivity contribution >= 4 is 5.69 Å². The number of aromatic nitrogens is 3. The number of oxazole rings is 1. The summed E-state index contributed by atoms with van der Waals surface area (Å²) in [6.07, 6.45) is -3.11. The molecule has 3 aromatic rings. The van der Waals surface area contributed by atoms with Gasteiger partial charge in [-0.25, -0.2) is 9.78 Å². The predicted molar refractivity (Wildman–Crippen MR) is 94.8 cm³/mol. The largest absolute Gasteiger partial charge is 0.445 e. The van der Waals surface area contributed by atoms with Crippen LogP contribution < -0.4 is 11.2 Å². The summed E-state index contributed by atoms with van der Waals surface area (Å²) in [6.45, 7) is 0. The van der Waals surface area contributed by atoms with Crippen LogP contribution in [0.1, 0.15) is 18.2 Å². The summed E-state index contributed by atoms with van der Waals surface area (Å²) < 4.78 is 11.8. The van der Waals surface area contributed by atoms with Crippen LogP contribution in [0.25, 0.3) is 11.3 Å². The average molecular weight is 402 g/mol. The van der Waals surface area contributed by atoms with Crippen molar-refractivity contribution in [3.8, 4) is 11.3 Å². The van der Waals surface area contributed by atoms with E-state index in [2.05, 4.69) is 4.98 Å². The summed E-state index contributed by atoms with van der Waals surface area (Å²) in [6, 6.07) is 6.80. The van der Waals surface area contributed by atoms with Gasteiger partial charge < -0.3 is 19.4 Å². The van der Waals surface area contributed by atoms with E-state index in [-0.39, 0.29) is 17.3 Å². The fourth-order valence-corrected chi connectivity index (χ4v) is 3.05. The first-order chi connectivity index (χ1) is 13.8.